The summed E-state index contributed by atoms with van der Waals surface area (Å²) in [6.07, 6.45) is 2.43. The first-order chi connectivity index (χ1) is 36.7. The van der Waals surface area contributed by atoms with Crippen LogP contribution in [0.15, 0.2) is 107 Å². The van der Waals surface area contributed by atoms with Gasteiger partial charge in [-0.2, -0.15) is 9.97 Å². The SMILES string of the molecule is COc1ccc2c(c1)CCn1c-2cc(Cl)nc1=O.COc1ccc2c(c1)CCn1c-2cc(OCC2COCCO2)nc1=O.COc1cccc(CCN2C(=O)CC(=O)NC2=O)c1.COc1cccc(CCNC(N)=O)c1. The van der Waals surface area contributed by atoms with Crippen molar-refractivity contribution in [3.63, 3.8) is 0 Å². The Morgan fingerprint density at radius 1 is 0.724 bits per heavy atom. The van der Waals surface area contributed by atoms with Crippen molar-refractivity contribution in [1.82, 2.24) is 34.6 Å². The van der Waals surface area contributed by atoms with E-state index >= 15 is 0 Å². The topological polar surface area (TPSA) is 256 Å². The second kappa shape index (κ2) is 26.8. The monoisotopic (exact) mass is 1060 g/mol. The summed E-state index contributed by atoms with van der Waals surface area (Å²) >= 11 is 5.86. The molecule has 4 aromatic carbocycles. The van der Waals surface area contributed by atoms with Crippen molar-refractivity contribution in [2.45, 2.75) is 51.3 Å². The Labute approximate surface area is 442 Å². The number of fused-ring (bicyclic) bond motifs is 6. The van der Waals surface area contributed by atoms with Gasteiger partial charge < -0.3 is 44.2 Å². The Morgan fingerprint density at radius 3 is 1.84 bits per heavy atom. The minimum absolute atomic E-state index is 0.133. The van der Waals surface area contributed by atoms with Crippen LogP contribution in [0.5, 0.6) is 28.9 Å². The number of nitrogens with two attached hydrogens (primary N) is 1. The van der Waals surface area contributed by atoms with Crippen molar-refractivity contribution in [3.05, 3.63) is 145 Å². The molecule has 21 nitrogen and oxygen atoms in total. The van der Waals surface area contributed by atoms with Crippen molar-refractivity contribution < 1.29 is 52.3 Å². The number of imide groups is 2. The zero-order valence-corrected chi connectivity index (χ0v) is 43.3. The number of carbonyl (C=O) groups excluding carboxylic acids is 4. The third-order valence-electron chi connectivity index (χ3n) is 12.4. The summed E-state index contributed by atoms with van der Waals surface area (Å²) in [5.41, 5.74) is 12.4. The van der Waals surface area contributed by atoms with E-state index in [-0.39, 0.29) is 35.6 Å². The first kappa shape index (κ1) is 55.5. The van der Waals surface area contributed by atoms with E-state index < -0.39 is 23.9 Å². The number of hydrogen-bond acceptors (Lipinski definition) is 15. The number of hydrogen-bond donors (Lipinski definition) is 3. The summed E-state index contributed by atoms with van der Waals surface area (Å²) in [4.78, 5) is 77.4. The molecular weight excluding hydrogens is 1000 g/mol. The minimum Gasteiger partial charge on any atom is -0.497 e. The summed E-state index contributed by atoms with van der Waals surface area (Å²) < 4.78 is 40.6. The van der Waals surface area contributed by atoms with Crippen molar-refractivity contribution in [2.24, 2.45) is 5.73 Å². The number of carbonyl (C=O) groups is 4. The summed E-state index contributed by atoms with van der Waals surface area (Å²) in [5.74, 6) is 2.49. The van der Waals surface area contributed by atoms with Gasteiger partial charge in [-0.25, -0.2) is 19.2 Å². The lowest BCUT2D eigenvalue weighted by molar-refractivity contribution is -0.136. The third kappa shape index (κ3) is 14.9. The van der Waals surface area contributed by atoms with Gasteiger partial charge in [-0.1, -0.05) is 35.9 Å². The van der Waals surface area contributed by atoms with Crippen molar-refractivity contribution in [3.8, 4) is 51.4 Å². The average Bonchev–Trinajstić information content (AvgIpc) is 3.44. The molecule has 0 saturated carbocycles. The highest BCUT2D eigenvalue weighted by molar-refractivity contribution is 6.29. The molecule has 2 fully saturated rings. The molecule has 6 aromatic rings. The summed E-state index contributed by atoms with van der Waals surface area (Å²) in [7, 11) is 6.49. The fraction of sp³-hybridized carbons (Fsp3) is 0.333. The maximum Gasteiger partial charge on any atom is 0.351 e. The quantitative estimate of drug-likeness (QED) is 0.102. The highest BCUT2D eigenvalue weighted by atomic mass is 35.5. The molecule has 0 aliphatic carbocycles. The number of amides is 6. The van der Waals surface area contributed by atoms with E-state index in [2.05, 4.69) is 20.6 Å². The van der Waals surface area contributed by atoms with Crippen LogP contribution in [0.2, 0.25) is 5.15 Å². The number of benzene rings is 4. The number of aromatic nitrogens is 4. The smallest absolute Gasteiger partial charge is 0.351 e. The van der Waals surface area contributed by atoms with Crippen LogP contribution in [0.1, 0.15) is 28.7 Å². The predicted molar refractivity (Wildman–Crippen MR) is 280 cm³/mol. The maximum absolute atomic E-state index is 12.4. The van der Waals surface area contributed by atoms with Gasteiger partial charge in [0.2, 0.25) is 17.7 Å². The molecular formula is C54H59ClN8O13. The second-order valence-electron chi connectivity index (χ2n) is 17.3. The van der Waals surface area contributed by atoms with E-state index in [1.165, 1.54) is 0 Å². The number of aryl methyl sites for hydroxylation is 2. The molecule has 6 amide bonds. The Balaban J connectivity index is 0.000000151. The first-order valence-electron chi connectivity index (χ1n) is 24.2. The number of ether oxygens (including phenoxy) is 7. The van der Waals surface area contributed by atoms with E-state index in [9.17, 15) is 28.8 Å². The van der Waals surface area contributed by atoms with Gasteiger partial charge >= 0.3 is 23.4 Å². The summed E-state index contributed by atoms with van der Waals surface area (Å²) in [6, 6.07) is 29.2. The van der Waals surface area contributed by atoms with E-state index in [4.69, 9.17) is 50.5 Å². The van der Waals surface area contributed by atoms with Crippen molar-refractivity contribution >= 4 is 35.5 Å². The Hall–Kier alpha value is -8.27. The van der Waals surface area contributed by atoms with Crippen molar-refractivity contribution in [1.29, 1.82) is 0 Å². The molecule has 0 bridgehead atoms. The van der Waals surface area contributed by atoms with Gasteiger partial charge in [0, 0.05) is 49.4 Å². The standard InChI is InChI=1S/C18H20N2O5.C13H11ClN2O2.C13H14N2O4.C10H14N2O2/c1-22-13-2-3-15-12(8-13)4-5-20-16(15)9-17(19-18(20)21)25-11-14-10-23-6-7-24-14;1-18-9-2-3-10-8(6-9)4-5-16-11(10)7-12(14)15-13(16)17;1-19-10-4-2-3-9(7-10)5-6-15-12(17)8-11(16)14-13(15)18;1-14-9-4-2-3-8(7-9)5-6-12-10(11)13/h2-3,8-9,14H,4-7,10-11H2,1H3;2-3,6-7H,4-5H2,1H3;2-4,7H,5-6,8H2,1H3,(H,14,16,18);2-4,7H,5-6H2,1H3,(H3,11,12,13). The molecule has 2 saturated heterocycles. The van der Waals surface area contributed by atoms with Crippen LogP contribution in [-0.4, -0.2) is 122 Å². The van der Waals surface area contributed by atoms with Gasteiger partial charge in [0.15, 0.2) is 0 Å². The molecule has 76 heavy (non-hydrogen) atoms. The lowest BCUT2D eigenvalue weighted by atomic mass is 9.97. The normalized spacial score (nSPS) is 14.9. The summed E-state index contributed by atoms with van der Waals surface area (Å²) in [5, 5.41) is 4.88. The van der Waals surface area contributed by atoms with Gasteiger partial charge in [0.25, 0.3) is 0 Å². The number of primary amides is 1. The largest absolute Gasteiger partial charge is 0.497 e. The number of methoxy groups -OCH3 is 4. The molecule has 10 rings (SSSR count). The molecule has 4 aliphatic heterocycles. The predicted octanol–water partition coefficient (Wildman–Crippen LogP) is 5.01. The fourth-order valence-corrected chi connectivity index (χ4v) is 8.70. The van der Waals surface area contributed by atoms with Crippen LogP contribution in [0.4, 0.5) is 9.59 Å². The lowest BCUT2D eigenvalue weighted by Crippen LogP contribution is -2.53. The van der Waals surface area contributed by atoms with Crippen LogP contribution in [-0.2, 0) is 57.8 Å². The Morgan fingerprint density at radius 2 is 1.29 bits per heavy atom. The molecule has 4 N–H and O–H groups in total. The van der Waals surface area contributed by atoms with E-state index in [1.807, 2.05) is 91.0 Å². The number of nitrogens with one attached hydrogen (secondary N) is 2. The first-order valence-corrected chi connectivity index (χ1v) is 24.6. The highest BCUT2D eigenvalue weighted by Crippen LogP contribution is 2.33. The zero-order chi connectivity index (χ0) is 54.1. The lowest BCUT2D eigenvalue weighted by Gasteiger charge is -2.24. The van der Waals surface area contributed by atoms with Gasteiger partial charge in [0.1, 0.15) is 47.3 Å². The maximum atomic E-state index is 12.4. The molecule has 0 radical (unpaired) electrons. The summed E-state index contributed by atoms with van der Waals surface area (Å²) in [6.45, 7) is 3.98. The van der Waals surface area contributed by atoms with Gasteiger partial charge in [-0.3, -0.25) is 28.9 Å². The number of rotatable bonds is 13. The number of urea groups is 2. The third-order valence-corrected chi connectivity index (χ3v) is 12.6. The molecule has 4 aliphatic rings. The van der Waals surface area contributed by atoms with Crippen LogP contribution in [0, 0.1) is 0 Å². The molecule has 1 unspecified atom stereocenters. The number of barbiturate groups is 1. The number of halogens is 1. The van der Waals surface area contributed by atoms with E-state index in [0.29, 0.717) is 58.4 Å². The highest BCUT2D eigenvalue weighted by Gasteiger charge is 2.30. The average molecular weight is 1060 g/mol. The molecule has 1 atom stereocenters. The van der Waals surface area contributed by atoms with Crippen molar-refractivity contribution in [2.75, 3.05) is 68.0 Å². The number of nitrogens with zero attached hydrogens (tertiary/aromatic N) is 5. The van der Waals surface area contributed by atoms with Gasteiger partial charge in [-0.05, 0) is 109 Å². The minimum atomic E-state index is -0.649. The zero-order valence-electron chi connectivity index (χ0n) is 42.5. The molecule has 0 spiro atoms. The second-order valence-corrected chi connectivity index (χ2v) is 17.7. The molecule has 2 aromatic heterocycles. The van der Waals surface area contributed by atoms with Crippen LogP contribution < -0.4 is 51.4 Å². The fourth-order valence-electron chi connectivity index (χ4n) is 8.53. The van der Waals surface area contributed by atoms with E-state index in [1.54, 1.807) is 43.6 Å². The Kier molecular flexibility index (Phi) is 19.6. The van der Waals surface area contributed by atoms with Gasteiger partial charge in [-0.15, -0.1) is 0 Å². The molecule has 22 heteroatoms. The van der Waals surface area contributed by atoms with Crippen LogP contribution >= 0.6 is 11.6 Å². The Bertz CT molecular complexity index is 3140. The van der Waals surface area contributed by atoms with E-state index in [0.717, 1.165) is 91.9 Å². The molecule has 6 heterocycles. The van der Waals surface area contributed by atoms with Crippen LogP contribution in [0.3, 0.4) is 0 Å². The van der Waals surface area contributed by atoms with Gasteiger partial charge in [0.05, 0.1) is 59.6 Å². The van der Waals surface area contributed by atoms with Crippen LogP contribution in [0.25, 0.3) is 22.5 Å². The molecule has 400 valence electrons.